The molecule has 0 spiro atoms. The summed E-state index contributed by atoms with van der Waals surface area (Å²) in [6, 6.07) is 4.60. The van der Waals surface area contributed by atoms with E-state index in [9.17, 15) is 13.2 Å². The molecule has 1 aromatic carbocycles. The Balaban J connectivity index is 2.61. The molecule has 0 atom stereocenters. The zero-order chi connectivity index (χ0) is 13.4. The number of benzene rings is 1. The number of aliphatic imine (C=N–C) groups is 1. The van der Waals surface area contributed by atoms with Crippen molar-refractivity contribution in [3.05, 3.63) is 23.8 Å². The van der Waals surface area contributed by atoms with Crippen LogP contribution in [-0.2, 0) is 20.2 Å². The molecule has 0 radical (unpaired) electrons. The van der Waals surface area contributed by atoms with Crippen LogP contribution >= 0.6 is 0 Å². The highest BCUT2D eigenvalue weighted by Gasteiger charge is 2.47. The van der Waals surface area contributed by atoms with Crippen molar-refractivity contribution in [2.75, 3.05) is 13.4 Å². The molecular weight excluding hydrogens is 254 g/mol. The Morgan fingerprint density at radius 1 is 1.39 bits per heavy atom. The highest BCUT2D eigenvalue weighted by atomic mass is 32.2. The highest BCUT2D eigenvalue weighted by molar-refractivity contribution is 7.90. The summed E-state index contributed by atoms with van der Waals surface area (Å²) in [5.41, 5.74) is -0.00961. The molecule has 0 heterocycles. The van der Waals surface area contributed by atoms with Crippen molar-refractivity contribution < 1.29 is 17.9 Å². The molecule has 0 aliphatic heterocycles. The van der Waals surface area contributed by atoms with Gasteiger partial charge >= 0.3 is 0 Å². The zero-order valence-corrected chi connectivity index (χ0v) is 11.0. The molecule has 0 saturated heterocycles. The van der Waals surface area contributed by atoms with Crippen molar-refractivity contribution in [3.63, 3.8) is 0 Å². The maximum absolute atomic E-state index is 11.5. The fourth-order valence-electron chi connectivity index (χ4n) is 1.93. The predicted molar refractivity (Wildman–Crippen MR) is 65.1 cm³/mol. The van der Waals surface area contributed by atoms with Crippen LogP contribution in [-0.4, -0.2) is 27.9 Å². The van der Waals surface area contributed by atoms with Crippen LogP contribution in [0.25, 0.3) is 0 Å². The van der Waals surface area contributed by atoms with Crippen molar-refractivity contribution in [2.45, 2.75) is 23.3 Å². The SMILES string of the molecule is COc1ccc(S(C)(=O)=O)cc1C1(N=C=O)CC1. The third-order valence-corrected chi connectivity index (χ3v) is 4.19. The average Bonchev–Trinajstić information content (AvgIpc) is 3.08. The average molecular weight is 267 g/mol. The second-order valence-corrected chi connectivity index (χ2v) is 6.38. The maximum Gasteiger partial charge on any atom is 0.235 e. The number of rotatable bonds is 4. The minimum absolute atomic E-state index is 0.200. The van der Waals surface area contributed by atoms with Gasteiger partial charge in [-0.2, -0.15) is 4.99 Å². The van der Waals surface area contributed by atoms with Crippen LogP contribution in [0.2, 0.25) is 0 Å². The van der Waals surface area contributed by atoms with Gasteiger partial charge in [0.05, 0.1) is 12.0 Å². The summed E-state index contributed by atoms with van der Waals surface area (Å²) in [7, 11) is -1.79. The Bertz CT molecular complexity index is 625. The van der Waals surface area contributed by atoms with E-state index in [2.05, 4.69) is 4.99 Å². The summed E-state index contributed by atoms with van der Waals surface area (Å²) in [6.07, 6.45) is 4.09. The number of nitrogens with zero attached hydrogens (tertiary/aromatic N) is 1. The first-order valence-corrected chi connectivity index (χ1v) is 7.30. The Hall–Kier alpha value is -1.65. The van der Waals surface area contributed by atoms with Gasteiger partial charge in [0.1, 0.15) is 11.3 Å². The second kappa shape index (κ2) is 4.23. The minimum atomic E-state index is -3.29. The highest BCUT2D eigenvalue weighted by Crippen LogP contribution is 2.52. The van der Waals surface area contributed by atoms with Crippen LogP contribution < -0.4 is 4.74 Å². The molecular formula is C12H13NO4S. The van der Waals surface area contributed by atoms with Gasteiger partial charge in [0.25, 0.3) is 0 Å². The summed E-state index contributed by atoms with van der Waals surface area (Å²) in [5.74, 6) is 0.541. The van der Waals surface area contributed by atoms with Gasteiger partial charge in [-0.1, -0.05) is 0 Å². The number of methoxy groups -OCH3 is 1. The fourth-order valence-corrected chi connectivity index (χ4v) is 2.58. The third-order valence-electron chi connectivity index (χ3n) is 3.08. The number of sulfone groups is 1. The van der Waals surface area contributed by atoms with Crippen molar-refractivity contribution in [2.24, 2.45) is 4.99 Å². The Morgan fingerprint density at radius 2 is 2.06 bits per heavy atom. The van der Waals surface area contributed by atoms with Crippen LogP contribution in [0.5, 0.6) is 5.75 Å². The van der Waals surface area contributed by atoms with Crippen LogP contribution in [0.15, 0.2) is 28.1 Å². The van der Waals surface area contributed by atoms with E-state index in [1.54, 1.807) is 12.1 Å². The van der Waals surface area contributed by atoms with Crippen molar-refractivity contribution in [1.29, 1.82) is 0 Å². The smallest absolute Gasteiger partial charge is 0.235 e. The largest absolute Gasteiger partial charge is 0.496 e. The lowest BCUT2D eigenvalue weighted by atomic mass is 10.0. The summed E-state index contributed by atoms with van der Waals surface area (Å²) >= 11 is 0. The van der Waals surface area contributed by atoms with Gasteiger partial charge in [-0.25, -0.2) is 13.2 Å². The van der Waals surface area contributed by atoms with E-state index >= 15 is 0 Å². The molecule has 0 N–H and O–H groups in total. The van der Waals surface area contributed by atoms with Crippen molar-refractivity contribution in [1.82, 2.24) is 0 Å². The molecule has 1 aromatic rings. The Kier molecular flexibility index (Phi) is 3.00. The first-order chi connectivity index (χ1) is 8.43. The van der Waals surface area contributed by atoms with Gasteiger partial charge in [-0.05, 0) is 31.0 Å². The molecule has 5 nitrogen and oxygen atoms in total. The first kappa shape index (κ1) is 12.8. The number of hydrogen-bond donors (Lipinski definition) is 0. The number of carbonyl (C=O) groups excluding carboxylic acids is 1. The molecule has 0 amide bonds. The van der Waals surface area contributed by atoms with Gasteiger partial charge in [0, 0.05) is 11.8 Å². The zero-order valence-electron chi connectivity index (χ0n) is 10.1. The second-order valence-electron chi connectivity index (χ2n) is 4.37. The monoisotopic (exact) mass is 267 g/mol. The van der Waals surface area contributed by atoms with Crippen LogP contribution in [0.3, 0.4) is 0 Å². The van der Waals surface area contributed by atoms with Crippen molar-refractivity contribution in [3.8, 4) is 5.75 Å². The molecule has 18 heavy (non-hydrogen) atoms. The van der Waals surface area contributed by atoms with Crippen LogP contribution in [0.4, 0.5) is 0 Å². The van der Waals surface area contributed by atoms with E-state index in [1.165, 1.54) is 19.2 Å². The molecule has 1 aliphatic rings. The van der Waals surface area contributed by atoms with E-state index < -0.39 is 15.4 Å². The lowest BCUT2D eigenvalue weighted by Gasteiger charge is -2.14. The lowest BCUT2D eigenvalue weighted by Crippen LogP contribution is -2.07. The van der Waals surface area contributed by atoms with E-state index in [0.29, 0.717) is 24.2 Å². The normalized spacial score (nSPS) is 16.8. The molecule has 1 aliphatic carbocycles. The Morgan fingerprint density at radius 3 is 2.50 bits per heavy atom. The summed E-state index contributed by atoms with van der Waals surface area (Å²) in [6.45, 7) is 0. The third kappa shape index (κ3) is 2.17. The number of isocyanates is 1. The van der Waals surface area contributed by atoms with Crippen LogP contribution in [0, 0.1) is 0 Å². The molecule has 0 bridgehead atoms. The van der Waals surface area contributed by atoms with Gasteiger partial charge < -0.3 is 4.74 Å². The number of hydrogen-bond acceptors (Lipinski definition) is 5. The van der Waals surface area contributed by atoms with E-state index in [-0.39, 0.29) is 4.90 Å². The quantitative estimate of drug-likeness (QED) is 0.611. The van der Waals surface area contributed by atoms with E-state index in [4.69, 9.17) is 4.74 Å². The molecule has 2 rings (SSSR count). The molecule has 0 unspecified atom stereocenters. The predicted octanol–water partition coefficient (Wildman–Crippen LogP) is 1.42. The summed E-state index contributed by atoms with van der Waals surface area (Å²) in [5, 5.41) is 0. The van der Waals surface area contributed by atoms with E-state index in [1.807, 2.05) is 0 Å². The van der Waals surface area contributed by atoms with Gasteiger partial charge in [0.2, 0.25) is 6.08 Å². The fraction of sp³-hybridized carbons (Fsp3) is 0.417. The Labute approximate surface area is 105 Å². The van der Waals surface area contributed by atoms with Crippen LogP contribution in [0.1, 0.15) is 18.4 Å². The molecule has 1 fully saturated rings. The first-order valence-electron chi connectivity index (χ1n) is 5.40. The summed E-state index contributed by atoms with van der Waals surface area (Å²) < 4.78 is 28.3. The maximum atomic E-state index is 11.5. The van der Waals surface area contributed by atoms with Gasteiger partial charge in [-0.15, -0.1) is 0 Å². The summed E-state index contributed by atoms with van der Waals surface area (Å²) in [4.78, 5) is 14.5. The topological polar surface area (TPSA) is 72.8 Å². The van der Waals surface area contributed by atoms with Gasteiger partial charge in [0.15, 0.2) is 9.84 Å². The number of ether oxygens (including phenoxy) is 1. The molecule has 6 heteroatoms. The van der Waals surface area contributed by atoms with Crippen molar-refractivity contribution >= 4 is 15.9 Å². The molecule has 1 saturated carbocycles. The lowest BCUT2D eigenvalue weighted by molar-refractivity contribution is 0.404. The minimum Gasteiger partial charge on any atom is -0.496 e. The standard InChI is InChI=1S/C12H13NO4S/c1-17-11-4-3-9(18(2,15)16)7-10(11)12(5-6-12)13-8-14/h3-4,7H,5-6H2,1-2H3. The van der Waals surface area contributed by atoms with E-state index in [0.717, 1.165) is 6.26 Å². The molecule has 0 aromatic heterocycles. The molecule has 96 valence electrons. The van der Waals surface area contributed by atoms with Gasteiger partial charge in [-0.3, -0.25) is 0 Å².